The number of ether oxygens (including phenoxy) is 1. The summed E-state index contributed by atoms with van der Waals surface area (Å²) in [6.07, 6.45) is 13.4. The zero-order valence-electron chi connectivity index (χ0n) is 29.6. The van der Waals surface area contributed by atoms with Crippen LogP contribution in [0.25, 0.3) is 11.1 Å². The van der Waals surface area contributed by atoms with Crippen molar-refractivity contribution >= 4 is 5.78 Å². The van der Waals surface area contributed by atoms with Crippen LogP contribution >= 0.6 is 0 Å². The van der Waals surface area contributed by atoms with Crippen LogP contribution in [0.4, 0.5) is 0 Å². The molecule has 1 atom stereocenters. The molecule has 0 fully saturated rings. The SMILES string of the molecule is CCCCCC(C)CCCC=CC(=O)CCc1ccc(O)c(OCCc2ccc(O)c(Cc3ccc(C(N)N)cc3)c2-c2ccc(O)cc2)c1. The summed E-state index contributed by atoms with van der Waals surface area (Å²) in [5.74, 6) is 1.55. The molecule has 0 saturated heterocycles. The molecule has 266 valence electrons. The Bertz CT molecular complexity index is 1680. The smallest absolute Gasteiger partial charge is 0.161 e. The van der Waals surface area contributed by atoms with Gasteiger partial charge in [0.25, 0.3) is 0 Å². The van der Waals surface area contributed by atoms with Crippen LogP contribution in [0.15, 0.2) is 91.0 Å². The molecule has 0 aliphatic heterocycles. The number of aromatic hydroxyl groups is 3. The first kappa shape index (κ1) is 38.2. The van der Waals surface area contributed by atoms with Crippen LogP contribution in [0.1, 0.15) is 99.2 Å². The minimum Gasteiger partial charge on any atom is -0.508 e. The molecule has 50 heavy (non-hydrogen) atoms. The number of rotatable bonds is 20. The van der Waals surface area contributed by atoms with E-state index in [1.54, 1.807) is 36.4 Å². The molecule has 0 heterocycles. The Labute approximate surface area is 297 Å². The van der Waals surface area contributed by atoms with Gasteiger partial charge in [0.15, 0.2) is 17.3 Å². The standard InChI is InChI=1S/C43H54N2O5/c1-3-4-6-9-30(2)10-7-5-8-11-36(46)21-14-32-15-24-40(49)41(29-32)50-27-26-34-20-25-39(48)38(42(34)33-18-22-37(47)23-19-33)28-31-12-16-35(17-13-31)43(44)45/h8,11-13,15-20,22-25,29-30,43,47-49H,3-7,9-10,14,21,26-28,44-45H2,1-2H3. The van der Waals surface area contributed by atoms with E-state index in [1.807, 2.05) is 54.6 Å². The monoisotopic (exact) mass is 678 g/mol. The van der Waals surface area contributed by atoms with Crippen molar-refractivity contribution in [3.63, 3.8) is 0 Å². The summed E-state index contributed by atoms with van der Waals surface area (Å²) in [5.41, 5.74) is 17.8. The van der Waals surface area contributed by atoms with Crippen molar-refractivity contribution in [2.75, 3.05) is 6.61 Å². The van der Waals surface area contributed by atoms with E-state index in [9.17, 15) is 20.1 Å². The number of benzene rings is 4. The number of ketones is 1. The van der Waals surface area contributed by atoms with Crippen molar-refractivity contribution in [1.82, 2.24) is 0 Å². The zero-order chi connectivity index (χ0) is 35.9. The molecule has 0 bridgehead atoms. The molecule has 4 aromatic rings. The van der Waals surface area contributed by atoms with Crippen LogP contribution in [0, 0.1) is 5.92 Å². The Morgan fingerprint density at radius 2 is 1.52 bits per heavy atom. The quantitative estimate of drug-likeness (QED) is 0.0357. The van der Waals surface area contributed by atoms with Gasteiger partial charge in [-0.05, 0) is 95.0 Å². The predicted molar refractivity (Wildman–Crippen MR) is 203 cm³/mol. The van der Waals surface area contributed by atoms with Crippen molar-refractivity contribution in [1.29, 1.82) is 0 Å². The fourth-order valence-electron chi connectivity index (χ4n) is 6.26. The molecule has 4 aromatic carbocycles. The number of hydrogen-bond acceptors (Lipinski definition) is 7. The molecule has 7 heteroatoms. The Hall–Kier alpha value is -4.59. The maximum absolute atomic E-state index is 12.5. The lowest BCUT2D eigenvalue weighted by Gasteiger charge is -2.18. The highest BCUT2D eigenvalue weighted by Crippen LogP contribution is 2.37. The second-order valence-electron chi connectivity index (χ2n) is 13.4. The van der Waals surface area contributed by atoms with E-state index in [0.717, 1.165) is 57.7 Å². The topological polar surface area (TPSA) is 139 Å². The number of nitrogens with two attached hydrogens (primary N) is 2. The van der Waals surface area contributed by atoms with Crippen LogP contribution in [0.3, 0.4) is 0 Å². The molecule has 0 aromatic heterocycles. The number of phenols is 3. The van der Waals surface area contributed by atoms with E-state index in [2.05, 4.69) is 13.8 Å². The fourth-order valence-corrected chi connectivity index (χ4v) is 6.26. The van der Waals surface area contributed by atoms with Crippen LogP contribution < -0.4 is 16.2 Å². The summed E-state index contributed by atoms with van der Waals surface area (Å²) >= 11 is 0. The van der Waals surface area contributed by atoms with Crippen molar-refractivity contribution < 1.29 is 24.9 Å². The maximum atomic E-state index is 12.5. The number of carbonyl (C=O) groups excluding carboxylic acids is 1. The van der Waals surface area contributed by atoms with E-state index in [-0.39, 0.29) is 29.6 Å². The number of allylic oxidation sites excluding steroid dienone is 2. The summed E-state index contributed by atoms with van der Waals surface area (Å²) in [5, 5.41) is 31.5. The molecular weight excluding hydrogens is 624 g/mol. The number of unbranched alkanes of at least 4 members (excludes halogenated alkanes) is 3. The molecule has 7 nitrogen and oxygen atoms in total. The van der Waals surface area contributed by atoms with E-state index in [4.69, 9.17) is 16.2 Å². The number of phenolic OH excluding ortho intramolecular Hbond substituents is 3. The van der Waals surface area contributed by atoms with E-state index in [1.165, 1.54) is 32.1 Å². The molecule has 0 amide bonds. The molecular formula is C43H54N2O5. The van der Waals surface area contributed by atoms with Gasteiger partial charge < -0.3 is 31.5 Å². The average Bonchev–Trinajstić information content (AvgIpc) is 3.10. The third-order valence-electron chi connectivity index (χ3n) is 9.26. The lowest BCUT2D eigenvalue weighted by molar-refractivity contribution is -0.114. The van der Waals surface area contributed by atoms with Crippen LogP contribution in [-0.2, 0) is 24.1 Å². The van der Waals surface area contributed by atoms with Crippen molar-refractivity contribution in [2.24, 2.45) is 17.4 Å². The molecule has 0 saturated carbocycles. The van der Waals surface area contributed by atoms with Gasteiger partial charge in [-0.1, -0.05) is 101 Å². The molecule has 7 N–H and O–H groups in total. The Morgan fingerprint density at radius 3 is 2.24 bits per heavy atom. The number of hydrogen-bond donors (Lipinski definition) is 5. The van der Waals surface area contributed by atoms with Crippen LogP contribution in [-0.4, -0.2) is 27.7 Å². The third kappa shape index (κ3) is 11.8. The molecule has 0 aliphatic carbocycles. The molecule has 4 rings (SSSR count). The van der Waals surface area contributed by atoms with Gasteiger partial charge in [0.05, 0.1) is 12.8 Å². The van der Waals surface area contributed by atoms with Crippen molar-refractivity contribution in [2.45, 2.75) is 90.6 Å². The second-order valence-corrected chi connectivity index (χ2v) is 13.4. The Morgan fingerprint density at radius 1 is 0.820 bits per heavy atom. The van der Waals surface area contributed by atoms with Gasteiger partial charge in [0.1, 0.15) is 11.5 Å². The van der Waals surface area contributed by atoms with Gasteiger partial charge >= 0.3 is 0 Å². The highest BCUT2D eigenvalue weighted by Gasteiger charge is 2.17. The van der Waals surface area contributed by atoms with E-state index >= 15 is 0 Å². The summed E-state index contributed by atoms with van der Waals surface area (Å²) in [4.78, 5) is 12.5. The van der Waals surface area contributed by atoms with Gasteiger partial charge in [-0.3, -0.25) is 4.79 Å². The normalized spacial score (nSPS) is 12.1. The zero-order valence-corrected chi connectivity index (χ0v) is 29.6. The highest BCUT2D eigenvalue weighted by molar-refractivity contribution is 5.89. The molecule has 0 spiro atoms. The lowest BCUT2D eigenvalue weighted by atomic mass is 9.89. The summed E-state index contributed by atoms with van der Waals surface area (Å²) in [6, 6.07) is 23.4. The van der Waals surface area contributed by atoms with Gasteiger partial charge in [-0.15, -0.1) is 0 Å². The summed E-state index contributed by atoms with van der Waals surface area (Å²) < 4.78 is 6.09. The number of carbonyl (C=O) groups is 1. The van der Waals surface area contributed by atoms with Gasteiger partial charge in [-0.2, -0.15) is 0 Å². The first-order chi connectivity index (χ1) is 24.1. The van der Waals surface area contributed by atoms with Gasteiger partial charge in [0, 0.05) is 24.8 Å². The molecule has 1 unspecified atom stereocenters. The summed E-state index contributed by atoms with van der Waals surface area (Å²) in [7, 11) is 0. The van der Waals surface area contributed by atoms with Gasteiger partial charge in [-0.25, -0.2) is 0 Å². The number of aryl methyl sites for hydroxylation is 1. The maximum Gasteiger partial charge on any atom is 0.161 e. The minimum atomic E-state index is -0.563. The van der Waals surface area contributed by atoms with Crippen LogP contribution in [0.2, 0.25) is 0 Å². The lowest BCUT2D eigenvalue weighted by Crippen LogP contribution is -2.19. The van der Waals surface area contributed by atoms with Gasteiger partial charge in [0.2, 0.25) is 0 Å². The summed E-state index contributed by atoms with van der Waals surface area (Å²) in [6.45, 7) is 4.83. The second kappa shape index (κ2) is 19.6. The van der Waals surface area contributed by atoms with Crippen molar-refractivity contribution in [3.8, 4) is 34.1 Å². The van der Waals surface area contributed by atoms with E-state index < -0.39 is 6.17 Å². The Balaban J connectivity index is 1.38. The first-order valence-electron chi connectivity index (χ1n) is 18.0. The Kier molecular flexibility index (Phi) is 15.0. The average molecular weight is 679 g/mol. The first-order valence-corrected chi connectivity index (χ1v) is 18.0. The van der Waals surface area contributed by atoms with Crippen molar-refractivity contribution in [3.05, 3.63) is 119 Å². The van der Waals surface area contributed by atoms with E-state index in [0.29, 0.717) is 31.4 Å². The predicted octanol–water partition coefficient (Wildman–Crippen LogP) is 9.04. The van der Waals surface area contributed by atoms with Crippen LogP contribution in [0.5, 0.6) is 23.0 Å². The largest absolute Gasteiger partial charge is 0.508 e. The highest BCUT2D eigenvalue weighted by atomic mass is 16.5. The minimum absolute atomic E-state index is 0.0368. The third-order valence-corrected chi connectivity index (χ3v) is 9.26. The molecule has 0 radical (unpaired) electrons. The fraction of sp³-hybridized carbons (Fsp3) is 0.372. The molecule has 0 aliphatic rings.